The Balaban J connectivity index is 0.921. The first-order valence-corrected chi connectivity index (χ1v) is 26.6. The van der Waals surface area contributed by atoms with Gasteiger partial charge in [-0.05, 0) is 113 Å². The fourth-order valence-electron chi connectivity index (χ4n) is 15.4. The van der Waals surface area contributed by atoms with E-state index in [9.17, 15) is 51.1 Å². The van der Waals surface area contributed by atoms with Crippen molar-refractivity contribution in [2.24, 2.45) is 46.3 Å². The molecule has 9 fully saturated rings. The minimum absolute atomic E-state index is 0.0810. The Bertz CT molecular complexity index is 1890. The molecule has 6 heterocycles. The van der Waals surface area contributed by atoms with Crippen molar-refractivity contribution >= 4 is 0 Å². The van der Waals surface area contributed by atoms with Crippen LogP contribution in [0.15, 0.2) is 11.6 Å². The molecule has 31 atom stereocenters. The third-order valence-corrected chi connectivity index (χ3v) is 19.7. The summed E-state index contributed by atoms with van der Waals surface area (Å²) in [6.45, 7) is 14.2. The second kappa shape index (κ2) is 20.1. The van der Waals surface area contributed by atoms with Crippen molar-refractivity contribution < 1.29 is 98.4 Å². The zero-order chi connectivity index (χ0) is 50.8. The number of allylic oxidation sites excluding steroid dienone is 1. The predicted molar refractivity (Wildman–Crippen MR) is 244 cm³/mol. The normalized spacial score (nSPS) is 58.4. The fraction of sp³-hybridized carbons (Fsp3) is 0.961. The molecule has 0 bridgehead atoms. The van der Waals surface area contributed by atoms with Crippen LogP contribution in [0.5, 0.6) is 0 Å². The summed E-state index contributed by atoms with van der Waals surface area (Å²) in [6.07, 6.45) is -19.9. The van der Waals surface area contributed by atoms with Gasteiger partial charge in [-0.25, -0.2) is 0 Å². The molecule has 0 amide bonds. The van der Waals surface area contributed by atoms with E-state index >= 15 is 0 Å². The van der Waals surface area contributed by atoms with Gasteiger partial charge >= 0.3 is 0 Å². The van der Waals surface area contributed by atoms with E-state index in [-0.39, 0.29) is 16.9 Å². The van der Waals surface area contributed by atoms with E-state index in [1.807, 2.05) is 0 Å². The van der Waals surface area contributed by atoms with Crippen molar-refractivity contribution in [2.45, 2.75) is 247 Å². The molecule has 0 aromatic heterocycles. The van der Waals surface area contributed by atoms with Gasteiger partial charge in [-0.2, -0.15) is 0 Å². The number of aliphatic hydroxyl groups excluding tert-OH is 10. The van der Waals surface area contributed by atoms with Crippen LogP contribution in [0, 0.1) is 46.3 Å². The number of fused-ring (bicyclic) bond motifs is 7. The zero-order valence-corrected chi connectivity index (χ0v) is 42.1. The van der Waals surface area contributed by atoms with Gasteiger partial charge in [-0.1, -0.05) is 39.3 Å². The molecule has 6 saturated heterocycles. The Morgan fingerprint density at radius 1 is 0.592 bits per heavy atom. The molecule has 0 aromatic carbocycles. The average molecular weight is 1020 g/mol. The molecule has 20 nitrogen and oxygen atoms in total. The van der Waals surface area contributed by atoms with E-state index in [0.29, 0.717) is 48.3 Å². The highest BCUT2D eigenvalue weighted by atomic mass is 16.8. The molecule has 10 N–H and O–H groups in total. The molecule has 3 saturated carbocycles. The summed E-state index contributed by atoms with van der Waals surface area (Å²) in [4.78, 5) is 0. The average Bonchev–Trinajstić information content (AvgIpc) is 3.79. The van der Waals surface area contributed by atoms with E-state index < -0.39 is 141 Å². The molecule has 1 spiro atoms. The lowest BCUT2D eigenvalue weighted by Crippen LogP contribution is -2.68. The largest absolute Gasteiger partial charge is 0.394 e. The SMILES string of the molecule is CC1CCC2(OC1)OC1CC3C4CC=C5CC(OC6OC(C)C(OC7OC(C)C(O)C(O)C7O)C(OC7OC(C)C(O)C(O)C7O)C6OC6OC(CO)C(O)C(O)C6O)CCC5(C)C4CCC3(C)C1C2C. The standard InChI is InChI=1S/C51H82O20/c1-20-10-15-51(62-19-20)21(2)32-30(71-51)17-29-27-9-8-25-16-26(11-13-49(25,6)28(27)12-14-50(29,32)7)66-48-44(70-47-41(61)38(58)35(55)31(18-52)67-47)43(69-46-40(60)37(57)34(54)23(4)64-46)42(24(5)65-48)68-45-39(59)36(56)33(53)22(3)63-45/h8,20-24,26-48,52-61H,9-19H2,1-7H3. The maximum absolute atomic E-state index is 11.3. The monoisotopic (exact) mass is 1010 g/mol. The van der Waals surface area contributed by atoms with E-state index in [4.69, 9.17) is 47.4 Å². The van der Waals surface area contributed by atoms with Gasteiger partial charge in [0.05, 0.1) is 43.7 Å². The van der Waals surface area contributed by atoms with Gasteiger partial charge in [0, 0.05) is 12.3 Å². The summed E-state index contributed by atoms with van der Waals surface area (Å²) in [5.41, 5.74) is 1.39. The first kappa shape index (κ1) is 53.3. The molecular weight excluding hydrogens is 933 g/mol. The number of hydrogen-bond acceptors (Lipinski definition) is 20. The van der Waals surface area contributed by atoms with Crippen LogP contribution in [0.3, 0.4) is 0 Å². The Morgan fingerprint density at radius 3 is 1.80 bits per heavy atom. The van der Waals surface area contributed by atoms with Crippen LogP contribution in [-0.2, 0) is 47.4 Å². The molecule has 71 heavy (non-hydrogen) atoms. The topological polar surface area (TPSA) is 295 Å². The molecule has 406 valence electrons. The molecule has 10 aliphatic rings. The van der Waals surface area contributed by atoms with Crippen LogP contribution in [0.2, 0.25) is 0 Å². The third-order valence-electron chi connectivity index (χ3n) is 19.7. The van der Waals surface area contributed by atoms with Gasteiger partial charge in [-0.15, -0.1) is 0 Å². The molecule has 31 unspecified atom stereocenters. The van der Waals surface area contributed by atoms with Gasteiger partial charge in [0.15, 0.2) is 30.9 Å². The number of aliphatic hydroxyl groups is 10. The van der Waals surface area contributed by atoms with E-state index in [1.54, 1.807) is 6.92 Å². The van der Waals surface area contributed by atoms with Crippen molar-refractivity contribution in [2.75, 3.05) is 13.2 Å². The van der Waals surface area contributed by atoms with Crippen LogP contribution in [0.1, 0.15) is 106 Å². The van der Waals surface area contributed by atoms with Crippen molar-refractivity contribution in [1.29, 1.82) is 0 Å². The first-order chi connectivity index (χ1) is 33.6. The van der Waals surface area contributed by atoms with Crippen LogP contribution in [0.4, 0.5) is 0 Å². The molecule has 10 rings (SSSR count). The Kier molecular flexibility index (Phi) is 15.1. The second-order valence-electron chi connectivity index (χ2n) is 23.8. The predicted octanol–water partition coefficient (Wildman–Crippen LogP) is 0.0935. The molecule has 0 radical (unpaired) electrons. The summed E-state index contributed by atoms with van der Waals surface area (Å²) in [5.74, 6) is 2.37. The summed E-state index contributed by atoms with van der Waals surface area (Å²) < 4.78 is 64.1. The lowest BCUT2D eigenvalue weighted by molar-refractivity contribution is -0.407. The van der Waals surface area contributed by atoms with E-state index in [2.05, 4.69) is 33.8 Å². The maximum atomic E-state index is 11.3. The summed E-state index contributed by atoms with van der Waals surface area (Å²) in [5, 5.41) is 108. The fourth-order valence-corrected chi connectivity index (χ4v) is 15.4. The van der Waals surface area contributed by atoms with Crippen LogP contribution < -0.4 is 0 Å². The Morgan fingerprint density at radius 2 is 1.18 bits per heavy atom. The van der Waals surface area contributed by atoms with E-state index in [1.165, 1.54) is 19.4 Å². The summed E-state index contributed by atoms with van der Waals surface area (Å²) in [6, 6.07) is 0. The molecule has 0 aromatic rings. The zero-order valence-electron chi connectivity index (χ0n) is 42.1. The molecular formula is C51H82O20. The highest BCUT2D eigenvalue weighted by Crippen LogP contribution is 2.71. The summed E-state index contributed by atoms with van der Waals surface area (Å²) >= 11 is 0. The molecule has 6 aliphatic heterocycles. The number of rotatable bonds is 9. The number of ether oxygens (including phenoxy) is 10. The molecule has 4 aliphatic carbocycles. The van der Waals surface area contributed by atoms with E-state index in [0.717, 1.165) is 51.6 Å². The van der Waals surface area contributed by atoms with Crippen LogP contribution in [0.25, 0.3) is 0 Å². The third kappa shape index (κ3) is 9.03. The van der Waals surface area contributed by atoms with Crippen LogP contribution >= 0.6 is 0 Å². The smallest absolute Gasteiger partial charge is 0.187 e. The van der Waals surface area contributed by atoms with Gasteiger partial charge < -0.3 is 98.4 Å². The Labute approximate surface area is 415 Å². The van der Waals surface area contributed by atoms with Gasteiger partial charge in [0.2, 0.25) is 0 Å². The van der Waals surface area contributed by atoms with Gasteiger partial charge in [0.25, 0.3) is 0 Å². The van der Waals surface area contributed by atoms with Crippen molar-refractivity contribution in [1.82, 2.24) is 0 Å². The quantitative estimate of drug-likeness (QED) is 0.137. The van der Waals surface area contributed by atoms with Crippen molar-refractivity contribution in [3.8, 4) is 0 Å². The second-order valence-corrected chi connectivity index (χ2v) is 23.8. The van der Waals surface area contributed by atoms with Gasteiger partial charge in [-0.3, -0.25) is 0 Å². The molecule has 20 heteroatoms. The minimum Gasteiger partial charge on any atom is -0.394 e. The van der Waals surface area contributed by atoms with Gasteiger partial charge in [0.1, 0.15) is 79.4 Å². The lowest BCUT2D eigenvalue weighted by Gasteiger charge is -2.59. The van der Waals surface area contributed by atoms with Crippen molar-refractivity contribution in [3.63, 3.8) is 0 Å². The lowest BCUT2D eigenvalue weighted by atomic mass is 9.47. The highest BCUT2D eigenvalue weighted by Gasteiger charge is 2.69. The maximum Gasteiger partial charge on any atom is 0.187 e. The summed E-state index contributed by atoms with van der Waals surface area (Å²) in [7, 11) is 0. The van der Waals surface area contributed by atoms with Crippen molar-refractivity contribution in [3.05, 3.63) is 11.6 Å². The Hall–Kier alpha value is -1.06. The minimum atomic E-state index is -1.88. The highest BCUT2D eigenvalue weighted by molar-refractivity contribution is 5.26. The number of hydrogen-bond donors (Lipinski definition) is 10. The van der Waals surface area contributed by atoms with Crippen LogP contribution in [-0.4, -0.2) is 205 Å². The first-order valence-electron chi connectivity index (χ1n) is 26.6.